The maximum absolute atomic E-state index is 13.0. The van der Waals surface area contributed by atoms with Gasteiger partial charge in [-0.2, -0.15) is 13.2 Å². The molecule has 34 heavy (non-hydrogen) atoms. The number of amides is 2. The van der Waals surface area contributed by atoms with Gasteiger partial charge in [0, 0.05) is 38.1 Å². The van der Waals surface area contributed by atoms with E-state index in [1.54, 1.807) is 11.1 Å². The van der Waals surface area contributed by atoms with E-state index in [0.29, 0.717) is 43.2 Å². The van der Waals surface area contributed by atoms with Crippen molar-refractivity contribution in [2.24, 2.45) is 0 Å². The molecule has 1 aliphatic rings. The number of alkyl halides is 3. The fraction of sp³-hybridized carbons (Fsp3) is 0.333. The van der Waals surface area contributed by atoms with Crippen molar-refractivity contribution >= 4 is 28.8 Å². The molecular weight excluding hydrogens is 453 g/mol. The van der Waals surface area contributed by atoms with Crippen LogP contribution in [0.5, 0.6) is 0 Å². The Hall–Kier alpha value is -4.03. The number of aromatic nitrogens is 5. The highest BCUT2D eigenvalue weighted by molar-refractivity contribution is 6.04. The number of piperazine rings is 1. The number of H-pyrrole nitrogens is 1. The van der Waals surface area contributed by atoms with Gasteiger partial charge in [0.2, 0.25) is 5.91 Å². The van der Waals surface area contributed by atoms with E-state index in [-0.39, 0.29) is 29.5 Å². The molecule has 0 atom stereocenters. The largest absolute Gasteiger partial charge is 0.433 e. The summed E-state index contributed by atoms with van der Waals surface area (Å²) < 4.78 is 39.0. The number of anilines is 1. The predicted molar refractivity (Wildman–Crippen MR) is 116 cm³/mol. The van der Waals surface area contributed by atoms with Crippen LogP contribution < -0.4 is 10.2 Å². The minimum atomic E-state index is -4.61. The van der Waals surface area contributed by atoms with E-state index in [0.717, 1.165) is 6.07 Å². The minimum absolute atomic E-state index is 0.134. The van der Waals surface area contributed by atoms with Crippen LogP contribution in [0.25, 0.3) is 11.2 Å². The number of rotatable bonds is 5. The first-order valence-corrected chi connectivity index (χ1v) is 10.4. The number of halogens is 3. The van der Waals surface area contributed by atoms with E-state index in [2.05, 4.69) is 36.8 Å². The Kier molecular flexibility index (Phi) is 6.18. The van der Waals surface area contributed by atoms with Crippen LogP contribution in [0.3, 0.4) is 0 Å². The first kappa shape index (κ1) is 23.1. The SMILES string of the molecule is C=CC(=O)N1CCN(c2cnc3[nH]cc(C(=O)NCc4nc(C)cc(C(F)(F)F)n4)c3n2)CC1. The Balaban J connectivity index is 1.48. The second-order valence-electron chi connectivity index (χ2n) is 7.64. The molecule has 0 saturated carbocycles. The van der Waals surface area contributed by atoms with Crippen LogP contribution in [0.4, 0.5) is 19.0 Å². The van der Waals surface area contributed by atoms with Gasteiger partial charge in [0.25, 0.3) is 5.91 Å². The van der Waals surface area contributed by atoms with Gasteiger partial charge in [-0.25, -0.2) is 19.9 Å². The van der Waals surface area contributed by atoms with Gasteiger partial charge in [0.05, 0.1) is 18.3 Å². The maximum Gasteiger partial charge on any atom is 0.433 e. The van der Waals surface area contributed by atoms with Crippen molar-refractivity contribution in [3.05, 3.63) is 53.9 Å². The van der Waals surface area contributed by atoms with Crippen molar-refractivity contribution in [2.45, 2.75) is 19.6 Å². The van der Waals surface area contributed by atoms with Crippen molar-refractivity contribution in [3.63, 3.8) is 0 Å². The summed E-state index contributed by atoms with van der Waals surface area (Å²) in [7, 11) is 0. The lowest BCUT2D eigenvalue weighted by atomic mass is 10.2. The van der Waals surface area contributed by atoms with Gasteiger partial charge < -0.3 is 20.1 Å². The summed E-state index contributed by atoms with van der Waals surface area (Å²) in [6.45, 7) is 6.71. The molecule has 0 aliphatic carbocycles. The highest BCUT2D eigenvalue weighted by Crippen LogP contribution is 2.27. The van der Waals surface area contributed by atoms with Gasteiger partial charge in [-0.1, -0.05) is 6.58 Å². The van der Waals surface area contributed by atoms with Gasteiger partial charge in [-0.3, -0.25) is 9.59 Å². The average molecular weight is 474 g/mol. The number of fused-ring (bicyclic) bond motifs is 1. The van der Waals surface area contributed by atoms with E-state index in [1.807, 2.05) is 4.90 Å². The topological polar surface area (TPSA) is 120 Å². The second kappa shape index (κ2) is 9.08. The molecule has 4 heterocycles. The van der Waals surface area contributed by atoms with Crippen molar-refractivity contribution in [2.75, 3.05) is 31.1 Å². The highest BCUT2D eigenvalue weighted by atomic mass is 19.4. The van der Waals surface area contributed by atoms with Crippen molar-refractivity contribution in [1.29, 1.82) is 0 Å². The average Bonchev–Trinajstić information content (AvgIpc) is 3.24. The molecule has 2 N–H and O–H groups in total. The van der Waals surface area contributed by atoms with Crippen LogP contribution in [0, 0.1) is 6.92 Å². The Bertz CT molecular complexity index is 1250. The number of hydrogen-bond donors (Lipinski definition) is 2. The lowest BCUT2D eigenvalue weighted by molar-refractivity contribution is -0.141. The Morgan fingerprint density at radius 1 is 1.21 bits per heavy atom. The van der Waals surface area contributed by atoms with Crippen LogP contribution >= 0.6 is 0 Å². The molecule has 3 aromatic rings. The van der Waals surface area contributed by atoms with E-state index in [9.17, 15) is 22.8 Å². The normalized spacial score (nSPS) is 14.4. The molecule has 178 valence electrons. The zero-order chi connectivity index (χ0) is 24.5. The van der Waals surface area contributed by atoms with Crippen LogP contribution in [0.1, 0.15) is 27.6 Å². The molecule has 1 fully saturated rings. The van der Waals surface area contributed by atoms with Gasteiger partial charge in [-0.15, -0.1) is 0 Å². The lowest BCUT2D eigenvalue weighted by Crippen LogP contribution is -2.48. The van der Waals surface area contributed by atoms with E-state index < -0.39 is 17.8 Å². The minimum Gasteiger partial charge on any atom is -0.352 e. The molecule has 0 aromatic carbocycles. The summed E-state index contributed by atoms with van der Waals surface area (Å²) in [6.07, 6.45) is -0.328. The first-order chi connectivity index (χ1) is 16.2. The molecule has 3 aromatic heterocycles. The zero-order valence-electron chi connectivity index (χ0n) is 18.2. The quantitative estimate of drug-likeness (QED) is 0.542. The monoisotopic (exact) mass is 474 g/mol. The Morgan fingerprint density at radius 3 is 2.62 bits per heavy atom. The van der Waals surface area contributed by atoms with Crippen molar-refractivity contribution < 1.29 is 22.8 Å². The van der Waals surface area contributed by atoms with Crippen LogP contribution in [0.15, 0.2) is 31.1 Å². The molecule has 0 unspecified atom stereocenters. The molecular formula is C21H21F3N8O2. The summed E-state index contributed by atoms with van der Waals surface area (Å²) in [5.74, 6) is -0.300. The molecule has 10 nitrogen and oxygen atoms in total. The Morgan fingerprint density at radius 2 is 1.94 bits per heavy atom. The number of hydrogen-bond acceptors (Lipinski definition) is 7. The van der Waals surface area contributed by atoms with Gasteiger partial charge in [0.1, 0.15) is 22.9 Å². The van der Waals surface area contributed by atoms with Gasteiger partial charge in [0.15, 0.2) is 5.65 Å². The molecule has 0 spiro atoms. The fourth-order valence-electron chi connectivity index (χ4n) is 3.60. The molecule has 13 heteroatoms. The number of carbonyl (C=O) groups excluding carboxylic acids is 2. The Labute approximate surface area is 191 Å². The second-order valence-corrected chi connectivity index (χ2v) is 7.64. The lowest BCUT2D eigenvalue weighted by Gasteiger charge is -2.34. The summed E-state index contributed by atoms with van der Waals surface area (Å²) in [5.41, 5.74) is -0.0272. The molecule has 1 aliphatic heterocycles. The number of aromatic amines is 1. The van der Waals surface area contributed by atoms with Crippen LogP contribution in [-0.2, 0) is 17.5 Å². The van der Waals surface area contributed by atoms with E-state index in [4.69, 9.17) is 0 Å². The van der Waals surface area contributed by atoms with Gasteiger partial charge in [-0.05, 0) is 19.1 Å². The third-order valence-electron chi connectivity index (χ3n) is 5.30. The zero-order valence-corrected chi connectivity index (χ0v) is 18.2. The first-order valence-electron chi connectivity index (χ1n) is 10.4. The standard InChI is InChI=1S/C21H21F3N8O2/c1-3-17(33)32-6-4-31(5-7-32)16-11-26-19-18(30-16)13(9-25-19)20(34)27-10-15-28-12(2)8-14(29-15)21(22,23)24/h3,8-9,11H,1,4-7,10H2,2H3,(H,25,26)(H,27,34). The summed E-state index contributed by atoms with van der Waals surface area (Å²) in [4.78, 5) is 47.3. The molecule has 0 bridgehead atoms. The van der Waals surface area contributed by atoms with Crippen molar-refractivity contribution in [3.8, 4) is 0 Å². The smallest absolute Gasteiger partial charge is 0.352 e. The number of aryl methyl sites for hydroxylation is 1. The highest BCUT2D eigenvalue weighted by Gasteiger charge is 2.33. The van der Waals surface area contributed by atoms with Crippen LogP contribution in [0.2, 0.25) is 0 Å². The third-order valence-corrected chi connectivity index (χ3v) is 5.30. The van der Waals surface area contributed by atoms with Gasteiger partial charge >= 0.3 is 6.18 Å². The fourth-order valence-corrected chi connectivity index (χ4v) is 3.60. The number of carbonyl (C=O) groups is 2. The summed E-state index contributed by atoms with van der Waals surface area (Å²) in [6, 6.07) is 0.842. The molecule has 2 amide bonds. The third kappa shape index (κ3) is 4.82. The number of nitrogens with one attached hydrogen (secondary N) is 2. The summed E-state index contributed by atoms with van der Waals surface area (Å²) in [5, 5.41) is 2.54. The molecule has 0 radical (unpaired) electrons. The molecule has 1 saturated heterocycles. The van der Waals surface area contributed by atoms with E-state index >= 15 is 0 Å². The predicted octanol–water partition coefficient (Wildman–Crippen LogP) is 1.84. The van der Waals surface area contributed by atoms with Crippen molar-refractivity contribution in [1.82, 2.24) is 35.1 Å². The van der Waals surface area contributed by atoms with E-state index in [1.165, 1.54) is 19.2 Å². The molecule has 4 rings (SSSR count). The number of nitrogens with zero attached hydrogens (tertiary/aromatic N) is 6. The maximum atomic E-state index is 13.0. The van der Waals surface area contributed by atoms with Crippen LogP contribution in [-0.4, -0.2) is 67.8 Å². The summed E-state index contributed by atoms with van der Waals surface area (Å²) >= 11 is 0.